The van der Waals surface area contributed by atoms with Crippen molar-refractivity contribution < 1.29 is 17.9 Å². The van der Waals surface area contributed by atoms with Crippen molar-refractivity contribution in [1.29, 1.82) is 0 Å². The van der Waals surface area contributed by atoms with Crippen LogP contribution < -0.4 is 10.1 Å². The molecule has 2 aliphatic rings. The van der Waals surface area contributed by atoms with Gasteiger partial charge in [-0.3, -0.25) is 4.79 Å². The molecule has 0 saturated carbocycles. The number of hydrogen-bond donors (Lipinski definition) is 1. The minimum absolute atomic E-state index is 0.151. The van der Waals surface area contributed by atoms with Crippen LogP contribution in [0.1, 0.15) is 55.3 Å². The van der Waals surface area contributed by atoms with E-state index in [0.29, 0.717) is 25.4 Å². The summed E-state index contributed by atoms with van der Waals surface area (Å²) in [6.07, 6.45) is 7.77. The standard InChI is InChI=1S/C21H33N3O4S/c1-28-20-10-9-18(29(26,27)24-14-7-4-8-15-24)17-19(20)21(25)22-11-16-23-12-5-2-3-6-13-23/h9-10,17H,2-8,11-16H2,1H3,(H,22,25). The molecule has 1 aromatic carbocycles. The molecule has 0 bridgehead atoms. The molecule has 0 radical (unpaired) electrons. The summed E-state index contributed by atoms with van der Waals surface area (Å²) in [5, 5.41) is 2.93. The van der Waals surface area contributed by atoms with E-state index in [4.69, 9.17) is 4.74 Å². The van der Waals surface area contributed by atoms with E-state index < -0.39 is 10.0 Å². The maximum atomic E-state index is 13.0. The highest BCUT2D eigenvalue weighted by Crippen LogP contribution is 2.26. The molecule has 1 amide bonds. The summed E-state index contributed by atoms with van der Waals surface area (Å²) in [7, 11) is -2.11. The minimum atomic E-state index is -3.60. The van der Waals surface area contributed by atoms with Crippen LogP contribution >= 0.6 is 0 Å². The van der Waals surface area contributed by atoms with Crippen LogP contribution in [-0.2, 0) is 10.0 Å². The summed E-state index contributed by atoms with van der Waals surface area (Å²) >= 11 is 0. The lowest BCUT2D eigenvalue weighted by Crippen LogP contribution is -2.36. The number of amides is 1. The summed E-state index contributed by atoms with van der Waals surface area (Å²) in [5.41, 5.74) is 0.265. The molecule has 29 heavy (non-hydrogen) atoms. The van der Waals surface area contributed by atoms with Crippen LogP contribution in [0.4, 0.5) is 0 Å². The lowest BCUT2D eigenvalue weighted by molar-refractivity contribution is 0.0945. The third-order valence-corrected chi connectivity index (χ3v) is 7.68. The van der Waals surface area contributed by atoms with Crippen molar-refractivity contribution in [3.8, 4) is 5.75 Å². The molecule has 7 nitrogen and oxygen atoms in total. The van der Waals surface area contributed by atoms with Crippen LogP contribution in [0.2, 0.25) is 0 Å². The Kier molecular flexibility index (Phi) is 7.91. The monoisotopic (exact) mass is 423 g/mol. The van der Waals surface area contributed by atoms with Crippen molar-refractivity contribution in [1.82, 2.24) is 14.5 Å². The summed E-state index contributed by atoms with van der Waals surface area (Å²) in [4.78, 5) is 15.3. The second-order valence-corrected chi connectivity index (χ2v) is 9.78. The van der Waals surface area contributed by atoms with Gasteiger partial charge < -0.3 is 15.0 Å². The number of nitrogens with one attached hydrogen (secondary N) is 1. The summed E-state index contributed by atoms with van der Waals surface area (Å²) in [5.74, 6) is 0.0854. The molecule has 8 heteroatoms. The van der Waals surface area contributed by atoms with E-state index >= 15 is 0 Å². The number of nitrogens with zero attached hydrogens (tertiary/aromatic N) is 2. The molecule has 2 aliphatic heterocycles. The Balaban J connectivity index is 1.68. The van der Waals surface area contributed by atoms with Gasteiger partial charge in [-0.05, 0) is 57.0 Å². The zero-order valence-corrected chi connectivity index (χ0v) is 18.2. The average molecular weight is 424 g/mol. The average Bonchev–Trinajstić information content (AvgIpc) is 3.02. The van der Waals surface area contributed by atoms with E-state index in [1.807, 2.05) is 0 Å². The van der Waals surface area contributed by atoms with E-state index in [1.165, 1.54) is 49.2 Å². The molecule has 0 aromatic heterocycles. The van der Waals surface area contributed by atoms with E-state index in [0.717, 1.165) is 38.9 Å². The Morgan fingerprint density at radius 3 is 2.28 bits per heavy atom. The molecule has 162 valence electrons. The van der Waals surface area contributed by atoms with Gasteiger partial charge in [-0.15, -0.1) is 0 Å². The molecule has 0 atom stereocenters. The summed E-state index contributed by atoms with van der Waals surface area (Å²) in [6, 6.07) is 4.54. The van der Waals surface area contributed by atoms with Crippen LogP contribution in [0.3, 0.4) is 0 Å². The molecule has 0 aliphatic carbocycles. The number of rotatable bonds is 7. The van der Waals surface area contributed by atoms with Crippen LogP contribution in [0.5, 0.6) is 5.75 Å². The van der Waals surface area contributed by atoms with Gasteiger partial charge in [0.1, 0.15) is 5.75 Å². The lowest BCUT2D eigenvalue weighted by atomic mass is 10.2. The maximum Gasteiger partial charge on any atom is 0.255 e. The first-order valence-corrected chi connectivity index (χ1v) is 12.1. The van der Waals surface area contributed by atoms with Gasteiger partial charge in [-0.2, -0.15) is 4.31 Å². The zero-order chi connectivity index (χ0) is 20.7. The molecule has 0 spiro atoms. The number of methoxy groups -OCH3 is 1. The third-order valence-electron chi connectivity index (χ3n) is 5.78. The van der Waals surface area contributed by atoms with Crippen molar-refractivity contribution >= 4 is 15.9 Å². The highest BCUT2D eigenvalue weighted by atomic mass is 32.2. The van der Waals surface area contributed by atoms with Crippen LogP contribution in [0.15, 0.2) is 23.1 Å². The van der Waals surface area contributed by atoms with Crippen LogP contribution in [0, 0.1) is 0 Å². The number of ether oxygens (including phenoxy) is 1. The first-order chi connectivity index (χ1) is 14.0. The number of benzene rings is 1. The number of sulfonamides is 1. The predicted molar refractivity (Wildman–Crippen MR) is 113 cm³/mol. The predicted octanol–water partition coefficient (Wildman–Crippen LogP) is 2.48. The second kappa shape index (κ2) is 10.4. The molecule has 1 N–H and O–H groups in total. The van der Waals surface area contributed by atoms with Gasteiger partial charge in [0.15, 0.2) is 0 Å². The fourth-order valence-corrected chi connectivity index (χ4v) is 5.61. The van der Waals surface area contributed by atoms with E-state index in [-0.39, 0.29) is 16.4 Å². The Bertz CT molecular complexity index is 783. The van der Waals surface area contributed by atoms with Gasteiger partial charge in [0.05, 0.1) is 17.6 Å². The lowest BCUT2D eigenvalue weighted by Gasteiger charge is -2.26. The maximum absolute atomic E-state index is 13.0. The van der Waals surface area contributed by atoms with E-state index in [9.17, 15) is 13.2 Å². The van der Waals surface area contributed by atoms with Gasteiger partial charge in [-0.25, -0.2) is 8.42 Å². The molecular weight excluding hydrogens is 390 g/mol. The molecular formula is C21H33N3O4S. The van der Waals surface area contributed by atoms with E-state index in [2.05, 4.69) is 10.2 Å². The highest BCUT2D eigenvalue weighted by molar-refractivity contribution is 7.89. The fraction of sp³-hybridized carbons (Fsp3) is 0.667. The highest BCUT2D eigenvalue weighted by Gasteiger charge is 2.27. The Morgan fingerprint density at radius 2 is 1.62 bits per heavy atom. The minimum Gasteiger partial charge on any atom is -0.496 e. The fourth-order valence-electron chi connectivity index (χ4n) is 4.06. The van der Waals surface area contributed by atoms with Crippen LogP contribution in [0.25, 0.3) is 0 Å². The van der Waals surface area contributed by atoms with Crippen molar-refractivity contribution in [2.45, 2.75) is 49.8 Å². The number of piperidine rings is 1. The SMILES string of the molecule is COc1ccc(S(=O)(=O)N2CCCCC2)cc1C(=O)NCCN1CCCCCC1. The molecule has 2 heterocycles. The quantitative estimate of drug-likeness (QED) is 0.729. The molecule has 2 saturated heterocycles. The Hall–Kier alpha value is -1.64. The topological polar surface area (TPSA) is 79.0 Å². The first kappa shape index (κ1) is 22.1. The first-order valence-electron chi connectivity index (χ1n) is 10.7. The van der Waals surface area contributed by atoms with Gasteiger partial charge in [0, 0.05) is 26.2 Å². The number of carbonyl (C=O) groups excluding carboxylic acids is 1. The van der Waals surface area contributed by atoms with E-state index in [1.54, 1.807) is 6.07 Å². The second-order valence-electron chi connectivity index (χ2n) is 7.84. The molecule has 2 fully saturated rings. The van der Waals surface area contributed by atoms with Gasteiger partial charge in [0.25, 0.3) is 5.91 Å². The van der Waals surface area contributed by atoms with Crippen LogP contribution in [-0.4, -0.2) is 69.9 Å². The Morgan fingerprint density at radius 1 is 1.00 bits per heavy atom. The molecule has 1 aromatic rings. The zero-order valence-electron chi connectivity index (χ0n) is 17.4. The van der Waals surface area contributed by atoms with Gasteiger partial charge in [0.2, 0.25) is 10.0 Å². The van der Waals surface area contributed by atoms with Crippen molar-refractivity contribution in [2.75, 3.05) is 46.4 Å². The largest absolute Gasteiger partial charge is 0.496 e. The number of hydrogen-bond acceptors (Lipinski definition) is 5. The number of likely N-dealkylation sites (tertiary alicyclic amines) is 1. The normalized spacial score (nSPS) is 19.5. The number of carbonyl (C=O) groups is 1. The van der Waals surface area contributed by atoms with Gasteiger partial charge >= 0.3 is 0 Å². The summed E-state index contributed by atoms with van der Waals surface area (Å²) < 4.78 is 32.7. The smallest absolute Gasteiger partial charge is 0.255 e. The van der Waals surface area contributed by atoms with Crippen molar-refractivity contribution in [2.24, 2.45) is 0 Å². The van der Waals surface area contributed by atoms with Crippen molar-refractivity contribution in [3.63, 3.8) is 0 Å². The van der Waals surface area contributed by atoms with Crippen molar-refractivity contribution in [3.05, 3.63) is 23.8 Å². The molecule has 3 rings (SSSR count). The molecule has 0 unspecified atom stereocenters. The Labute approximate surface area is 174 Å². The third kappa shape index (κ3) is 5.71. The van der Waals surface area contributed by atoms with Gasteiger partial charge in [-0.1, -0.05) is 19.3 Å². The summed E-state index contributed by atoms with van der Waals surface area (Å²) in [6.45, 7) is 4.55.